The third-order valence-corrected chi connectivity index (χ3v) is 6.32. The average molecular weight is 457 g/mol. The Balaban J connectivity index is 1.19. The number of pyridine rings is 1. The van der Waals surface area contributed by atoms with Crippen molar-refractivity contribution in [2.24, 2.45) is 0 Å². The Morgan fingerprint density at radius 3 is 2.73 bits per heavy atom. The molecule has 2 aromatic rings. The van der Waals surface area contributed by atoms with Crippen LogP contribution in [0.3, 0.4) is 0 Å². The third-order valence-electron chi connectivity index (χ3n) is 6.32. The Morgan fingerprint density at radius 2 is 2.03 bits per heavy atom. The molecule has 0 radical (unpaired) electrons. The summed E-state index contributed by atoms with van der Waals surface area (Å²) in [5.74, 6) is 1.41. The molecule has 2 fully saturated rings. The normalized spacial score (nSPS) is 20.8. The second kappa shape index (κ2) is 10.5. The Kier molecular flexibility index (Phi) is 7.45. The molecule has 8 heteroatoms. The van der Waals surface area contributed by atoms with Crippen molar-refractivity contribution < 1.29 is 19.0 Å². The molecule has 7 nitrogen and oxygen atoms in total. The van der Waals surface area contributed by atoms with Crippen LogP contribution in [0.2, 0.25) is 0 Å². The smallest absolute Gasteiger partial charge is 0.222 e. The van der Waals surface area contributed by atoms with Gasteiger partial charge >= 0.3 is 0 Å². The van der Waals surface area contributed by atoms with Crippen molar-refractivity contribution in [2.75, 3.05) is 51.3 Å². The number of benzene rings is 1. The number of hydrogen-bond acceptors (Lipinski definition) is 6. The van der Waals surface area contributed by atoms with E-state index in [2.05, 4.69) is 9.88 Å². The molecule has 1 atom stereocenters. The van der Waals surface area contributed by atoms with Gasteiger partial charge in [0, 0.05) is 45.7 Å². The lowest BCUT2D eigenvalue weighted by Gasteiger charge is -2.29. The molecule has 1 amide bonds. The van der Waals surface area contributed by atoms with Crippen LogP contribution in [0.15, 0.2) is 42.6 Å². The zero-order valence-electron chi connectivity index (χ0n) is 19.3. The molecule has 0 saturated carbocycles. The highest BCUT2D eigenvalue weighted by Crippen LogP contribution is 2.27. The lowest BCUT2D eigenvalue weighted by molar-refractivity contribution is -0.127. The first-order valence-electron chi connectivity index (χ1n) is 11.7. The summed E-state index contributed by atoms with van der Waals surface area (Å²) in [5.41, 5.74) is 0.316. The van der Waals surface area contributed by atoms with E-state index in [4.69, 9.17) is 4.74 Å². The van der Waals surface area contributed by atoms with Gasteiger partial charge in [0.2, 0.25) is 5.91 Å². The third kappa shape index (κ3) is 6.42. The lowest BCUT2D eigenvalue weighted by atomic mass is 10.0. The van der Waals surface area contributed by atoms with Gasteiger partial charge < -0.3 is 19.6 Å². The van der Waals surface area contributed by atoms with E-state index in [1.54, 1.807) is 6.07 Å². The highest BCUT2D eigenvalue weighted by atomic mass is 19.1. The minimum atomic E-state index is -0.829. The van der Waals surface area contributed by atoms with E-state index in [9.17, 15) is 14.3 Å². The van der Waals surface area contributed by atoms with E-state index >= 15 is 0 Å². The number of β-amino-alcohol motifs (C(OH)–C–C–N with tert-alkyl or cyclic N) is 1. The number of halogens is 1. The first-order chi connectivity index (χ1) is 15.9. The number of likely N-dealkylation sites (tertiary alicyclic amines) is 1. The van der Waals surface area contributed by atoms with Gasteiger partial charge in [0.25, 0.3) is 0 Å². The van der Waals surface area contributed by atoms with E-state index in [0.717, 1.165) is 37.2 Å². The van der Waals surface area contributed by atoms with Gasteiger partial charge in [0.1, 0.15) is 17.4 Å². The number of carbonyl (C=O) groups excluding carboxylic acids is 1. The van der Waals surface area contributed by atoms with Crippen LogP contribution in [0, 0.1) is 5.82 Å². The number of aliphatic hydroxyl groups is 1. The van der Waals surface area contributed by atoms with Gasteiger partial charge in [-0.25, -0.2) is 9.37 Å². The maximum absolute atomic E-state index is 13.1. The number of anilines is 1. The number of ether oxygens (including phenoxy) is 1. The molecular weight excluding hydrogens is 423 g/mol. The topological polar surface area (TPSA) is 69.1 Å². The summed E-state index contributed by atoms with van der Waals surface area (Å²) in [4.78, 5) is 21.8. The predicted molar refractivity (Wildman–Crippen MR) is 125 cm³/mol. The summed E-state index contributed by atoms with van der Waals surface area (Å²) in [6.07, 6.45) is 4.33. The molecule has 0 aliphatic carbocycles. The Bertz CT molecular complexity index is 924. The molecule has 0 unspecified atom stereocenters. The van der Waals surface area contributed by atoms with Gasteiger partial charge in [-0.1, -0.05) is 12.1 Å². The molecule has 1 N–H and O–H groups in total. The van der Waals surface area contributed by atoms with Crippen LogP contribution in [0.4, 0.5) is 10.2 Å². The SMILES string of the molecule is CN(Cc1ccc(OCCCN2CCCC2=O)cc1)C[C@@]1(O)CCN(c2ccc(F)cn2)C1. The Hall–Kier alpha value is -2.71. The van der Waals surface area contributed by atoms with Gasteiger partial charge in [-0.15, -0.1) is 0 Å². The van der Waals surface area contributed by atoms with Crippen molar-refractivity contribution in [2.45, 2.75) is 37.8 Å². The number of rotatable bonds is 10. The highest BCUT2D eigenvalue weighted by Gasteiger charge is 2.37. The minimum Gasteiger partial charge on any atom is -0.494 e. The number of carbonyl (C=O) groups is 1. The second-order valence-corrected chi connectivity index (χ2v) is 9.23. The molecule has 0 spiro atoms. The van der Waals surface area contributed by atoms with Crippen LogP contribution in [0.5, 0.6) is 5.75 Å². The summed E-state index contributed by atoms with van der Waals surface area (Å²) in [7, 11) is 2.00. The van der Waals surface area contributed by atoms with Gasteiger partial charge in [-0.3, -0.25) is 9.69 Å². The molecule has 2 saturated heterocycles. The highest BCUT2D eigenvalue weighted by molar-refractivity contribution is 5.77. The van der Waals surface area contributed by atoms with E-state index in [1.807, 2.05) is 41.1 Å². The van der Waals surface area contributed by atoms with Crippen molar-refractivity contribution in [3.63, 3.8) is 0 Å². The molecule has 3 heterocycles. The van der Waals surface area contributed by atoms with E-state index in [0.29, 0.717) is 51.4 Å². The fourth-order valence-electron chi connectivity index (χ4n) is 4.68. The first kappa shape index (κ1) is 23.4. The van der Waals surface area contributed by atoms with Crippen LogP contribution in [-0.2, 0) is 11.3 Å². The minimum absolute atomic E-state index is 0.255. The summed E-state index contributed by atoms with van der Waals surface area (Å²) in [5, 5.41) is 11.1. The number of likely N-dealkylation sites (N-methyl/N-ethyl adjacent to an activating group) is 1. The Morgan fingerprint density at radius 1 is 1.21 bits per heavy atom. The fourth-order valence-corrected chi connectivity index (χ4v) is 4.68. The molecule has 2 aliphatic heterocycles. The van der Waals surface area contributed by atoms with Crippen molar-refractivity contribution in [3.05, 3.63) is 54.0 Å². The van der Waals surface area contributed by atoms with Gasteiger partial charge in [-0.05, 0) is 56.1 Å². The summed E-state index contributed by atoms with van der Waals surface area (Å²) >= 11 is 0. The maximum atomic E-state index is 13.1. The lowest BCUT2D eigenvalue weighted by Crippen LogP contribution is -2.43. The number of nitrogens with zero attached hydrogens (tertiary/aromatic N) is 4. The quantitative estimate of drug-likeness (QED) is 0.555. The van der Waals surface area contributed by atoms with Gasteiger partial charge in [0.15, 0.2) is 0 Å². The molecule has 178 valence electrons. The maximum Gasteiger partial charge on any atom is 0.222 e. The van der Waals surface area contributed by atoms with Crippen LogP contribution < -0.4 is 9.64 Å². The predicted octanol–water partition coefficient (Wildman–Crippen LogP) is 2.69. The first-order valence-corrected chi connectivity index (χ1v) is 11.7. The molecular formula is C25H33FN4O3. The molecule has 2 aliphatic rings. The molecule has 0 bridgehead atoms. The van der Waals surface area contributed by atoms with Crippen molar-refractivity contribution >= 4 is 11.7 Å². The van der Waals surface area contributed by atoms with Crippen molar-refractivity contribution in [3.8, 4) is 5.75 Å². The van der Waals surface area contributed by atoms with Crippen molar-refractivity contribution in [1.29, 1.82) is 0 Å². The molecule has 33 heavy (non-hydrogen) atoms. The zero-order valence-corrected chi connectivity index (χ0v) is 19.3. The zero-order chi connectivity index (χ0) is 23.3. The largest absolute Gasteiger partial charge is 0.494 e. The number of aromatic nitrogens is 1. The fraction of sp³-hybridized carbons (Fsp3) is 0.520. The monoisotopic (exact) mass is 456 g/mol. The van der Waals surface area contributed by atoms with Crippen LogP contribution >= 0.6 is 0 Å². The van der Waals surface area contributed by atoms with Gasteiger partial charge in [0.05, 0.1) is 18.4 Å². The van der Waals surface area contributed by atoms with Crippen molar-refractivity contribution in [1.82, 2.24) is 14.8 Å². The summed E-state index contributed by atoms with van der Waals surface area (Å²) in [6, 6.07) is 11.1. The van der Waals surface area contributed by atoms with Crippen LogP contribution in [-0.4, -0.2) is 77.8 Å². The van der Waals surface area contributed by atoms with E-state index in [-0.39, 0.29) is 11.7 Å². The Labute approximate surface area is 194 Å². The summed E-state index contributed by atoms with van der Waals surface area (Å²) in [6.45, 7) is 4.66. The summed E-state index contributed by atoms with van der Waals surface area (Å²) < 4.78 is 18.9. The standard InChI is InChI=1S/C25H33FN4O3/c1-28(18-25(32)11-14-30(19-25)23-10-7-21(26)16-27-23)17-20-5-8-22(9-6-20)33-15-3-13-29-12-2-4-24(29)31/h5-10,16,32H,2-4,11-15,17-19H2,1H3/t25-/m0/s1. The average Bonchev–Trinajstić information content (AvgIpc) is 3.38. The van der Waals surface area contributed by atoms with Crippen LogP contribution in [0.25, 0.3) is 0 Å². The van der Waals surface area contributed by atoms with E-state index < -0.39 is 5.60 Å². The van der Waals surface area contributed by atoms with E-state index in [1.165, 1.54) is 12.3 Å². The number of amides is 1. The molecule has 1 aromatic carbocycles. The molecule has 4 rings (SSSR count). The second-order valence-electron chi connectivity index (χ2n) is 9.23. The van der Waals surface area contributed by atoms with Gasteiger partial charge in [-0.2, -0.15) is 0 Å². The molecule has 1 aromatic heterocycles. The number of hydrogen-bond donors (Lipinski definition) is 1. The van der Waals surface area contributed by atoms with Crippen LogP contribution in [0.1, 0.15) is 31.2 Å².